The Hall–Kier alpha value is -0.980. The highest BCUT2D eigenvalue weighted by Crippen LogP contribution is 2.25. The van der Waals surface area contributed by atoms with Crippen LogP contribution in [-0.4, -0.2) is 4.57 Å². The Morgan fingerprint density at radius 3 is 1.80 bits per heavy atom. The number of hydrogen-bond donors (Lipinski definition) is 0. The van der Waals surface area contributed by atoms with Crippen molar-refractivity contribution in [2.24, 2.45) is 0 Å². The van der Waals surface area contributed by atoms with E-state index in [4.69, 9.17) is 0 Å². The van der Waals surface area contributed by atoms with Gasteiger partial charge in [0.15, 0.2) is 0 Å². The average molecular weight is 346 g/mol. The van der Waals surface area contributed by atoms with Crippen molar-refractivity contribution in [1.82, 2.24) is 4.57 Å². The van der Waals surface area contributed by atoms with Crippen LogP contribution in [0.1, 0.15) is 117 Å². The van der Waals surface area contributed by atoms with E-state index in [0.717, 1.165) is 0 Å². The van der Waals surface area contributed by atoms with Crippen LogP contribution in [0, 0.1) is 0 Å². The monoisotopic (exact) mass is 345 g/mol. The van der Waals surface area contributed by atoms with E-state index in [1.165, 1.54) is 89.9 Å². The van der Waals surface area contributed by atoms with Crippen molar-refractivity contribution in [1.29, 1.82) is 0 Å². The zero-order valence-electron chi connectivity index (χ0n) is 17.3. The fraction of sp³-hybridized carbons (Fsp3) is 0.750. The van der Waals surface area contributed by atoms with Crippen molar-refractivity contribution in [3.8, 4) is 0 Å². The molecule has 0 aliphatic heterocycles. The molecule has 1 unspecified atom stereocenters. The molecule has 0 fully saturated rings. The van der Waals surface area contributed by atoms with Crippen LogP contribution in [0.3, 0.4) is 0 Å². The molecule has 0 bridgehead atoms. The average Bonchev–Trinajstić information content (AvgIpc) is 3.15. The van der Waals surface area contributed by atoms with Crippen LogP contribution >= 0.6 is 0 Å². The van der Waals surface area contributed by atoms with Crippen LogP contribution < -0.4 is 0 Å². The molecule has 144 valence electrons. The smallest absolute Gasteiger partial charge is 0.0537 e. The molecular weight excluding hydrogens is 302 g/mol. The summed E-state index contributed by atoms with van der Waals surface area (Å²) in [5.74, 6) is 0. The largest absolute Gasteiger partial charge is 0.347 e. The Balaban J connectivity index is 2.14. The molecule has 0 radical (unpaired) electrons. The third-order valence-corrected chi connectivity index (χ3v) is 5.35. The van der Waals surface area contributed by atoms with Gasteiger partial charge in [0, 0.05) is 12.4 Å². The standard InChI is InChI=1S/C24H43N/c1-4-6-8-9-10-11-12-13-14-15-16-20-24(23(3)19-7-5-2)25-21-17-18-22-25/h17-19,21-22,24H,4-16,20H2,1-3H3/b23-19+. The summed E-state index contributed by atoms with van der Waals surface area (Å²) in [5, 5.41) is 0. The molecule has 1 rings (SSSR count). The Labute approximate surface area is 157 Å². The summed E-state index contributed by atoms with van der Waals surface area (Å²) in [6.45, 7) is 6.87. The summed E-state index contributed by atoms with van der Waals surface area (Å²) in [4.78, 5) is 0. The molecule has 1 heterocycles. The Bertz CT molecular complexity index is 415. The number of aromatic nitrogens is 1. The minimum atomic E-state index is 0.570. The molecule has 0 N–H and O–H groups in total. The Morgan fingerprint density at radius 2 is 1.28 bits per heavy atom. The van der Waals surface area contributed by atoms with Crippen molar-refractivity contribution in [3.63, 3.8) is 0 Å². The van der Waals surface area contributed by atoms with Crippen LogP contribution in [0.5, 0.6) is 0 Å². The van der Waals surface area contributed by atoms with Gasteiger partial charge >= 0.3 is 0 Å². The Kier molecular flexibility index (Phi) is 13.5. The maximum absolute atomic E-state index is 2.45. The van der Waals surface area contributed by atoms with E-state index in [2.05, 4.69) is 55.9 Å². The predicted molar refractivity (Wildman–Crippen MR) is 113 cm³/mol. The molecule has 1 atom stereocenters. The lowest BCUT2D eigenvalue weighted by Crippen LogP contribution is -2.08. The predicted octanol–water partition coefficient (Wildman–Crippen LogP) is 8.48. The molecule has 0 saturated carbocycles. The molecule has 0 amide bonds. The van der Waals surface area contributed by atoms with Gasteiger partial charge in [-0.2, -0.15) is 0 Å². The summed E-state index contributed by atoms with van der Waals surface area (Å²) in [6.07, 6.45) is 26.3. The zero-order chi connectivity index (χ0) is 18.2. The molecule has 25 heavy (non-hydrogen) atoms. The third-order valence-electron chi connectivity index (χ3n) is 5.35. The first-order chi connectivity index (χ1) is 12.3. The number of allylic oxidation sites excluding steroid dienone is 2. The SMILES string of the molecule is CCC/C=C(\C)C(CCCCCCCCCCCCC)n1cccc1. The van der Waals surface area contributed by atoms with E-state index >= 15 is 0 Å². The zero-order valence-corrected chi connectivity index (χ0v) is 17.3. The number of rotatable bonds is 16. The normalized spacial score (nSPS) is 13.3. The van der Waals surface area contributed by atoms with Gasteiger partial charge in [-0.3, -0.25) is 0 Å². The van der Waals surface area contributed by atoms with Gasteiger partial charge in [-0.1, -0.05) is 103 Å². The fourth-order valence-corrected chi connectivity index (χ4v) is 3.68. The first-order valence-corrected chi connectivity index (χ1v) is 11.1. The minimum Gasteiger partial charge on any atom is -0.347 e. The van der Waals surface area contributed by atoms with E-state index in [1.54, 1.807) is 5.57 Å². The van der Waals surface area contributed by atoms with Gasteiger partial charge in [-0.05, 0) is 31.9 Å². The van der Waals surface area contributed by atoms with Crippen molar-refractivity contribution >= 4 is 0 Å². The molecule has 1 aromatic heterocycles. The maximum atomic E-state index is 2.45. The molecule has 0 aromatic carbocycles. The van der Waals surface area contributed by atoms with E-state index < -0.39 is 0 Å². The summed E-state index contributed by atoms with van der Waals surface area (Å²) >= 11 is 0. The molecular formula is C24H43N. The fourth-order valence-electron chi connectivity index (χ4n) is 3.68. The summed E-state index contributed by atoms with van der Waals surface area (Å²) in [5.41, 5.74) is 1.55. The van der Waals surface area contributed by atoms with E-state index in [0.29, 0.717) is 6.04 Å². The van der Waals surface area contributed by atoms with Gasteiger partial charge in [0.2, 0.25) is 0 Å². The van der Waals surface area contributed by atoms with Crippen LogP contribution in [-0.2, 0) is 0 Å². The van der Waals surface area contributed by atoms with Crippen LogP contribution in [0.25, 0.3) is 0 Å². The Morgan fingerprint density at radius 1 is 0.760 bits per heavy atom. The lowest BCUT2D eigenvalue weighted by Gasteiger charge is -2.20. The van der Waals surface area contributed by atoms with E-state index in [1.807, 2.05) is 0 Å². The van der Waals surface area contributed by atoms with E-state index in [9.17, 15) is 0 Å². The van der Waals surface area contributed by atoms with Crippen molar-refractivity contribution < 1.29 is 0 Å². The third kappa shape index (κ3) is 10.6. The molecule has 0 saturated heterocycles. The molecule has 0 spiro atoms. The first kappa shape index (κ1) is 22.1. The first-order valence-electron chi connectivity index (χ1n) is 11.1. The topological polar surface area (TPSA) is 4.93 Å². The maximum Gasteiger partial charge on any atom is 0.0537 e. The van der Waals surface area contributed by atoms with Gasteiger partial charge in [-0.15, -0.1) is 0 Å². The van der Waals surface area contributed by atoms with Gasteiger partial charge < -0.3 is 4.57 Å². The highest BCUT2D eigenvalue weighted by atomic mass is 15.0. The second kappa shape index (κ2) is 15.3. The van der Waals surface area contributed by atoms with Crippen molar-refractivity contribution in [2.45, 2.75) is 117 Å². The lowest BCUT2D eigenvalue weighted by molar-refractivity contribution is 0.481. The lowest BCUT2D eigenvalue weighted by atomic mass is 9.99. The molecule has 1 heteroatoms. The van der Waals surface area contributed by atoms with Gasteiger partial charge in [0.05, 0.1) is 6.04 Å². The summed E-state index contributed by atoms with van der Waals surface area (Å²) in [6, 6.07) is 4.88. The number of nitrogens with zero attached hydrogens (tertiary/aromatic N) is 1. The molecule has 0 aliphatic carbocycles. The highest BCUT2D eigenvalue weighted by molar-refractivity contribution is 5.09. The summed E-state index contributed by atoms with van der Waals surface area (Å²) < 4.78 is 2.40. The quantitative estimate of drug-likeness (QED) is 0.209. The second-order valence-electron chi connectivity index (χ2n) is 7.71. The number of hydrogen-bond acceptors (Lipinski definition) is 0. The second-order valence-corrected chi connectivity index (χ2v) is 7.71. The number of unbranched alkanes of at least 4 members (excludes halogenated alkanes) is 11. The van der Waals surface area contributed by atoms with Crippen LogP contribution in [0.4, 0.5) is 0 Å². The molecule has 1 aromatic rings. The van der Waals surface area contributed by atoms with Gasteiger partial charge in [0.25, 0.3) is 0 Å². The molecule has 1 nitrogen and oxygen atoms in total. The minimum absolute atomic E-state index is 0.570. The van der Waals surface area contributed by atoms with Crippen molar-refractivity contribution in [3.05, 3.63) is 36.2 Å². The van der Waals surface area contributed by atoms with Crippen LogP contribution in [0.2, 0.25) is 0 Å². The summed E-state index contributed by atoms with van der Waals surface area (Å²) in [7, 11) is 0. The molecule has 0 aliphatic rings. The highest BCUT2D eigenvalue weighted by Gasteiger charge is 2.11. The van der Waals surface area contributed by atoms with Gasteiger partial charge in [-0.25, -0.2) is 0 Å². The van der Waals surface area contributed by atoms with Crippen molar-refractivity contribution in [2.75, 3.05) is 0 Å². The van der Waals surface area contributed by atoms with Crippen LogP contribution in [0.15, 0.2) is 36.2 Å². The van der Waals surface area contributed by atoms with Gasteiger partial charge in [0.1, 0.15) is 0 Å². The van der Waals surface area contributed by atoms with E-state index in [-0.39, 0.29) is 0 Å².